The lowest BCUT2D eigenvalue weighted by Gasteiger charge is -2.18. The third-order valence-corrected chi connectivity index (χ3v) is 15.2. The van der Waals surface area contributed by atoms with Crippen LogP contribution in [-0.4, -0.2) is 37.2 Å². The van der Waals surface area contributed by atoms with Crippen molar-refractivity contribution in [2.75, 3.05) is 13.2 Å². The summed E-state index contributed by atoms with van der Waals surface area (Å²) in [5.41, 5.74) is 0. The molecule has 75 heavy (non-hydrogen) atoms. The van der Waals surface area contributed by atoms with Crippen LogP contribution in [0, 0.1) is 0 Å². The maximum Gasteiger partial charge on any atom is 0.306 e. The summed E-state index contributed by atoms with van der Waals surface area (Å²) in [5, 5.41) is 0. The Morgan fingerprint density at radius 1 is 0.280 bits per heavy atom. The number of carbonyl (C=O) groups excluding carboxylic acids is 3. The van der Waals surface area contributed by atoms with Crippen LogP contribution in [0.3, 0.4) is 0 Å². The molecule has 0 heterocycles. The smallest absolute Gasteiger partial charge is 0.306 e. The minimum atomic E-state index is -0.783. The van der Waals surface area contributed by atoms with Crippen LogP contribution in [0.2, 0.25) is 0 Å². The molecule has 0 amide bonds. The lowest BCUT2D eigenvalue weighted by Crippen LogP contribution is -2.30. The number of rotatable bonds is 62. The number of carbonyl (C=O) groups is 3. The SMILES string of the molecule is CC/C=C\C/C=C\C/C=C\CCCCCC(=O)OC(COC(=O)CCCCCCCCCCCCCC)COC(=O)CCCCCCCCCCCCCCCCCCCCCCCCCCCCCCCCCC. The van der Waals surface area contributed by atoms with Gasteiger partial charge in [-0.05, 0) is 51.4 Å². The fraction of sp³-hybridized carbons (Fsp3) is 0.870. The molecule has 0 radical (unpaired) electrons. The van der Waals surface area contributed by atoms with Crippen LogP contribution < -0.4 is 0 Å². The Morgan fingerprint density at radius 2 is 0.520 bits per heavy atom. The maximum atomic E-state index is 12.8. The van der Waals surface area contributed by atoms with Gasteiger partial charge in [-0.1, -0.05) is 333 Å². The molecule has 0 fully saturated rings. The van der Waals surface area contributed by atoms with Gasteiger partial charge in [0.2, 0.25) is 0 Å². The molecule has 6 nitrogen and oxygen atoms in total. The summed E-state index contributed by atoms with van der Waals surface area (Å²) in [6.07, 6.45) is 79.1. The Labute approximate surface area is 467 Å². The normalized spacial score (nSPS) is 12.2. The highest BCUT2D eigenvalue weighted by Crippen LogP contribution is 2.19. The highest BCUT2D eigenvalue weighted by Gasteiger charge is 2.19. The van der Waals surface area contributed by atoms with Crippen LogP contribution in [0.5, 0.6) is 0 Å². The Morgan fingerprint density at radius 3 is 0.813 bits per heavy atom. The van der Waals surface area contributed by atoms with Gasteiger partial charge in [-0.2, -0.15) is 0 Å². The van der Waals surface area contributed by atoms with Gasteiger partial charge in [0.1, 0.15) is 13.2 Å². The zero-order valence-corrected chi connectivity index (χ0v) is 50.6. The van der Waals surface area contributed by atoms with Crippen molar-refractivity contribution in [3.8, 4) is 0 Å². The maximum absolute atomic E-state index is 12.8. The van der Waals surface area contributed by atoms with Crippen LogP contribution in [0.1, 0.15) is 367 Å². The minimum absolute atomic E-state index is 0.0791. The molecule has 6 heteroatoms. The summed E-state index contributed by atoms with van der Waals surface area (Å²) >= 11 is 0. The molecular formula is C69H128O6. The number of unbranched alkanes of at least 4 members (excludes halogenated alkanes) is 45. The predicted octanol–water partition coefficient (Wildman–Crippen LogP) is 22.8. The van der Waals surface area contributed by atoms with E-state index < -0.39 is 6.10 Å². The average Bonchev–Trinajstić information content (AvgIpc) is 3.41. The van der Waals surface area contributed by atoms with E-state index in [1.54, 1.807) is 0 Å². The summed E-state index contributed by atoms with van der Waals surface area (Å²) < 4.78 is 16.9. The molecule has 440 valence electrons. The zero-order valence-electron chi connectivity index (χ0n) is 50.6. The number of allylic oxidation sites excluding steroid dienone is 6. The van der Waals surface area contributed by atoms with Crippen LogP contribution in [0.4, 0.5) is 0 Å². The van der Waals surface area contributed by atoms with Gasteiger partial charge in [0.05, 0.1) is 0 Å². The fourth-order valence-corrected chi connectivity index (χ4v) is 10.2. The van der Waals surface area contributed by atoms with E-state index in [2.05, 4.69) is 57.2 Å². The monoisotopic (exact) mass is 1050 g/mol. The van der Waals surface area contributed by atoms with Crippen molar-refractivity contribution < 1.29 is 28.6 Å². The Balaban J connectivity index is 4.04. The summed E-state index contributed by atoms with van der Waals surface area (Å²) in [7, 11) is 0. The van der Waals surface area contributed by atoms with Gasteiger partial charge in [-0.25, -0.2) is 0 Å². The number of hydrogen-bond donors (Lipinski definition) is 0. The third-order valence-electron chi connectivity index (χ3n) is 15.2. The van der Waals surface area contributed by atoms with E-state index in [0.717, 1.165) is 83.5 Å². The quantitative estimate of drug-likeness (QED) is 0.0261. The van der Waals surface area contributed by atoms with E-state index in [0.29, 0.717) is 19.3 Å². The summed E-state index contributed by atoms with van der Waals surface area (Å²) in [4.78, 5) is 38.2. The third kappa shape index (κ3) is 62.4. The largest absolute Gasteiger partial charge is 0.462 e. The molecule has 0 N–H and O–H groups in total. The molecule has 0 aromatic rings. The second-order valence-corrected chi connectivity index (χ2v) is 22.7. The summed E-state index contributed by atoms with van der Waals surface area (Å²) in [6.45, 7) is 6.55. The van der Waals surface area contributed by atoms with Crippen molar-refractivity contribution >= 4 is 17.9 Å². The van der Waals surface area contributed by atoms with Crippen molar-refractivity contribution in [3.63, 3.8) is 0 Å². The second-order valence-electron chi connectivity index (χ2n) is 22.7. The Hall–Kier alpha value is -2.37. The van der Waals surface area contributed by atoms with Crippen LogP contribution in [-0.2, 0) is 28.6 Å². The van der Waals surface area contributed by atoms with Crippen molar-refractivity contribution in [1.29, 1.82) is 0 Å². The van der Waals surface area contributed by atoms with Crippen LogP contribution >= 0.6 is 0 Å². The Kier molecular flexibility index (Phi) is 62.1. The molecule has 0 bridgehead atoms. The lowest BCUT2D eigenvalue weighted by atomic mass is 10.0. The van der Waals surface area contributed by atoms with Gasteiger partial charge < -0.3 is 14.2 Å². The first kappa shape index (κ1) is 72.6. The molecule has 0 rings (SSSR count). The van der Waals surface area contributed by atoms with Gasteiger partial charge >= 0.3 is 17.9 Å². The molecule has 0 saturated carbocycles. The first-order valence-electron chi connectivity index (χ1n) is 33.5. The topological polar surface area (TPSA) is 78.9 Å². The standard InChI is InChI=1S/C69H128O6/c1-4-7-10-13-16-19-22-25-26-27-28-29-30-31-32-33-34-35-36-37-38-39-40-41-42-43-45-47-50-53-56-59-62-68(71)74-65-66(64-73-67(70)61-58-55-52-49-46-24-21-18-15-12-9-6-3)75-69(72)63-60-57-54-51-48-44-23-20-17-14-11-8-5-2/h8,11,17,20,44,48,66H,4-7,9-10,12-16,18-19,21-43,45-47,49-65H2,1-3H3/b11-8-,20-17-,48-44-. The average molecular weight is 1050 g/mol. The van der Waals surface area contributed by atoms with Crippen LogP contribution in [0.15, 0.2) is 36.5 Å². The van der Waals surface area contributed by atoms with Gasteiger partial charge in [-0.3, -0.25) is 14.4 Å². The summed E-state index contributed by atoms with van der Waals surface area (Å²) in [5.74, 6) is -0.888. The van der Waals surface area contributed by atoms with Gasteiger partial charge in [0, 0.05) is 19.3 Å². The molecule has 0 aromatic carbocycles. The summed E-state index contributed by atoms with van der Waals surface area (Å²) in [6, 6.07) is 0. The molecule has 1 unspecified atom stereocenters. The van der Waals surface area contributed by atoms with E-state index in [1.165, 1.54) is 244 Å². The number of esters is 3. The van der Waals surface area contributed by atoms with Crippen molar-refractivity contribution in [2.45, 2.75) is 374 Å². The molecule has 0 aliphatic rings. The second kappa shape index (κ2) is 64.2. The minimum Gasteiger partial charge on any atom is -0.462 e. The molecular weight excluding hydrogens is 925 g/mol. The molecule has 0 aliphatic heterocycles. The first-order chi connectivity index (χ1) is 37.0. The van der Waals surface area contributed by atoms with E-state index in [4.69, 9.17) is 14.2 Å². The van der Waals surface area contributed by atoms with Crippen molar-refractivity contribution in [1.82, 2.24) is 0 Å². The Bertz CT molecular complexity index is 1250. The molecule has 1 atom stereocenters. The molecule has 0 aromatic heterocycles. The molecule has 0 saturated heterocycles. The van der Waals surface area contributed by atoms with Crippen molar-refractivity contribution in [3.05, 3.63) is 36.5 Å². The van der Waals surface area contributed by atoms with Gasteiger partial charge in [0.25, 0.3) is 0 Å². The number of hydrogen-bond acceptors (Lipinski definition) is 6. The molecule has 0 aliphatic carbocycles. The predicted molar refractivity (Wildman–Crippen MR) is 326 cm³/mol. The molecule has 0 spiro atoms. The van der Waals surface area contributed by atoms with Gasteiger partial charge in [0.15, 0.2) is 6.10 Å². The van der Waals surface area contributed by atoms with E-state index in [1.807, 2.05) is 0 Å². The van der Waals surface area contributed by atoms with E-state index >= 15 is 0 Å². The van der Waals surface area contributed by atoms with Crippen LogP contribution in [0.25, 0.3) is 0 Å². The lowest BCUT2D eigenvalue weighted by molar-refractivity contribution is -0.167. The van der Waals surface area contributed by atoms with E-state index in [-0.39, 0.29) is 31.1 Å². The zero-order chi connectivity index (χ0) is 54.3. The van der Waals surface area contributed by atoms with Crippen molar-refractivity contribution in [2.24, 2.45) is 0 Å². The fourth-order valence-electron chi connectivity index (χ4n) is 10.2. The van der Waals surface area contributed by atoms with E-state index in [9.17, 15) is 14.4 Å². The van der Waals surface area contributed by atoms with Gasteiger partial charge in [-0.15, -0.1) is 0 Å². The highest BCUT2D eigenvalue weighted by atomic mass is 16.6. The first-order valence-corrected chi connectivity index (χ1v) is 33.5. The highest BCUT2D eigenvalue weighted by molar-refractivity contribution is 5.71. The number of ether oxygens (including phenoxy) is 3.